The summed E-state index contributed by atoms with van der Waals surface area (Å²) < 4.78 is 18.7. The van der Waals surface area contributed by atoms with Gasteiger partial charge in [-0.05, 0) is 26.8 Å². The Morgan fingerprint density at radius 3 is 2.30 bits per heavy atom. The van der Waals surface area contributed by atoms with E-state index in [4.69, 9.17) is 4.74 Å². The second kappa shape index (κ2) is 6.00. The summed E-state index contributed by atoms with van der Waals surface area (Å²) in [6, 6.07) is 4.43. The van der Waals surface area contributed by atoms with Crippen LogP contribution in [-0.4, -0.2) is 17.5 Å². The Balaban J connectivity index is 3.06. The van der Waals surface area contributed by atoms with Gasteiger partial charge < -0.3 is 20.4 Å². The first-order valence-corrected chi connectivity index (χ1v) is 6.14. The van der Waals surface area contributed by atoms with Crippen LogP contribution in [0.4, 0.5) is 4.39 Å². The summed E-state index contributed by atoms with van der Waals surface area (Å²) in [4.78, 5) is 23.1. The lowest BCUT2D eigenvalue weighted by Crippen LogP contribution is -2.62. The molecule has 0 aliphatic heterocycles. The van der Waals surface area contributed by atoms with Crippen LogP contribution in [0.15, 0.2) is 24.3 Å². The van der Waals surface area contributed by atoms with Crippen LogP contribution in [-0.2, 0) is 14.3 Å². The largest absolute Gasteiger partial charge is 0.549 e. The van der Waals surface area contributed by atoms with Gasteiger partial charge in [-0.15, -0.1) is 0 Å². The summed E-state index contributed by atoms with van der Waals surface area (Å²) in [7, 11) is 0. The zero-order valence-electron chi connectivity index (χ0n) is 11.7. The monoisotopic (exact) mass is 283 g/mol. The third kappa shape index (κ3) is 4.03. The van der Waals surface area contributed by atoms with E-state index in [-0.39, 0.29) is 5.56 Å². The van der Waals surface area contributed by atoms with Gasteiger partial charge in [-0.3, -0.25) is 4.79 Å². The minimum absolute atomic E-state index is 0.0348. The first-order valence-electron chi connectivity index (χ1n) is 6.14. The molecule has 110 valence electrons. The van der Waals surface area contributed by atoms with E-state index in [2.05, 4.69) is 5.73 Å². The van der Waals surface area contributed by atoms with Crippen LogP contribution in [0.1, 0.15) is 32.4 Å². The molecule has 20 heavy (non-hydrogen) atoms. The first kappa shape index (κ1) is 16.1. The van der Waals surface area contributed by atoms with Crippen LogP contribution in [0.2, 0.25) is 0 Å². The highest BCUT2D eigenvalue weighted by Crippen LogP contribution is 2.23. The molecule has 3 N–H and O–H groups in total. The number of carbonyl (C=O) groups excluding carboxylic acids is 2. The van der Waals surface area contributed by atoms with E-state index in [9.17, 15) is 19.1 Å². The molecule has 5 nitrogen and oxygen atoms in total. The minimum atomic E-state index is -1.66. The smallest absolute Gasteiger partial charge is 0.321 e. The normalized spacial score (nSPS) is 14.4. The van der Waals surface area contributed by atoms with Crippen molar-refractivity contribution < 1.29 is 29.6 Å². The van der Waals surface area contributed by atoms with Gasteiger partial charge in [0.15, 0.2) is 5.92 Å². The maximum absolute atomic E-state index is 13.7. The van der Waals surface area contributed by atoms with Crippen LogP contribution in [0.5, 0.6) is 0 Å². The predicted octanol–water partition coefficient (Wildman–Crippen LogP) is -0.183. The van der Waals surface area contributed by atoms with Crippen molar-refractivity contribution in [2.75, 3.05) is 0 Å². The SMILES string of the molecule is CC(C)(C)OC(=O)[C@H](C(=O)[O-])[C@H]([NH3+])c1ccccc1F. The van der Waals surface area contributed by atoms with E-state index in [0.717, 1.165) is 0 Å². The van der Waals surface area contributed by atoms with Crippen molar-refractivity contribution in [2.45, 2.75) is 32.4 Å². The maximum atomic E-state index is 13.7. The molecule has 2 atom stereocenters. The molecule has 0 unspecified atom stereocenters. The number of esters is 1. The Morgan fingerprint density at radius 2 is 1.85 bits per heavy atom. The van der Waals surface area contributed by atoms with Crippen LogP contribution < -0.4 is 10.8 Å². The number of hydrogen-bond donors (Lipinski definition) is 1. The number of carboxylic acid groups (broad SMARTS) is 1. The second-order valence-electron chi connectivity index (χ2n) is 5.46. The Labute approximate surface area is 116 Å². The summed E-state index contributed by atoms with van der Waals surface area (Å²) in [6.45, 7) is 4.83. The fourth-order valence-corrected chi connectivity index (χ4v) is 1.75. The minimum Gasteiger partial charge on any atom is -0.549 e. The van der Waals surface area contributed by atoms with E-state index in [1.807, 2.05) is 0 Å². The number of quaternary nitrogens is 1. The van der Waals surface area contributed by atoms with Crippen molar-refractivity contribution in [3.63, 3.8) is 0 Å². The number of hydrogen-bond acceptors (Lipinski definition) is 4. The van der Waals surface area contributed by atoms with Crippen molar-refractivity contribution in [3.8, 4) is 0 Å². The summed E-state index contributed by atoms with van der Waals surface area (Å²) >= 11 is 0. The predicted molar refractivity (Wildman–Crippen MR) is 66.4 cm³/mol. The van der Waals surface area contributed by atoms with Gasteiger partial charge in [-0.1, -0.05) is 18.2 Å². The zero-order chi connectivity index (χ0) is 15.5. The fourth-order valence-electron chi connectivity index (χ4n) is 1.75. The Kier molecular flexibility index (Phi) is 4.83. The van der Waals surface area contributed by atoms with Gasteiger partial charge in [0.25, 0.3) is 0 Å². The number of carbonyl (C=O) groups is 2. The van der Waals surface area contributed by atoms with Gasteiger partial charge >= 0.3 is 5.97 Å². The van der Waals surface area contributed by atoms with E-state index >= 15 is 0 Å². The van der Waals surface area contributed by atoms with Crippen molar-refractivity contribution in [3.05, 3.63) is 35.6 Å². The Hall–Kier alpha value is -1.95. The highest BCUT2D eigenvalue weighted by Gasteiger charge is 2.36. The van der Waals surface area contributed by atoms with Gasteiger partial charge in [0.1, 0.15) is 17.5 Å². The standard InChI is InChI=1S/C14H18FNO4/c1-14(2,3)20-13(19)10(12(17)18)11(16)8-6-4-5-7-9(8)15/h4-7,10-11H,16H2,1-3H3,(H,17,18)/t10-,11+/m0/s1. The van der Waals surface area contributed by atoms with Crippen molar-refractivity contribution in [2.24, 2.45) is 5.92 Å². The molecule has 0 fully saturated rings. The van der Waals surface area contributed by atoms with Gasteiger partial charge in [0, 0.05) is 5.56 Å². The lowest BCUT2D eigenvalue weighted by molar-refractivity contribution is -0.441. The fraction of sp³-hybridized carbons (Fsp3) is 0.429. The molecule has 1 aromatic rings. The van der Waals surface area contributed by atoms with Crippen molar-refractivity contribution in [1.82, 2.24) is 0 Å². The van der Waals surface area contributed by atoms with E-state index < -0.39 is 35.3 Å². The maximum Gasteiger partial charge on any atom is 0.321 e. The van der Waals surface area contributed by atoms with Crippen LogP contribution in [0, 0.1) is 11.7 Å². The molecule has 0 bridgehead atoms. The van der Waals surface area contributed by atoms with Crippen molar-refractivity contribution >= 4 is 11.9 Å². The first-order chi connectivity index (χ1) is 9.13. The number of aliphatic carboxylic acids is 1. The average molecular weight is 283 g/mol. The van der Waals surface area contributed by atoms with Gasteiger partial charge in [0.2, 0.25) is 0 Å². The summed E-state index contributed by atoms with van der Waals surface area (Å²) in [5, 5.41) is 11.2. The van der Waals surface area contributed by atoms with E-state index in [0.29, 0.717) is 0 Å². The molecule has 6 heteroatoms. The van der Waals surface area contributed by atoms with Crippen molar-refractivity contribution in [1.29, 1.82) is 0 Å². The number of ether oxygens (including phenoxy) is 1. The summed E-state index contributed by atoms with van der Waals surface area (Å²) in [6.07, 6.45) is 0. The molecule has 0 aliphatic rings. The molecule has 0 radical (unpaired) electrons. The highest BCUT2D eigenvalue weighted by molar-refractivity contribution is 5.94. The number of rotatable bonds is 4. The third-order valence-electron chi connectivity index (χ3n) is 2.62. The van der Waals surface area contributed by atoms with Crippen LogP contribution >= 0.6 is 0 Å². The Morgan fingerprint density at radius 1 is 1.30 bits per heavy atom. The molecular weight excluding hydrogens is 265 g/mol. The molecule has 0 saturated heterocycles. The third-order valence-corrected chi connectivity index (χ3v) is 2.62. The van der Waals surface area contributed by atoms with E-state index in [1.54, 1.807) is 20.8 Å². The average Bonchev–Trinajstić information content (AvgIpc) is 2.26. The lowest BCUT2D eigenvalue weighted by Gasteiger charge is -2.26. The quantitative estimate of drug-likeness (QED) is 0.612. The summed E-state index contributed by atoms with van der Waals surface area (Å²) in [5.41, 5.74) is 2.77. The van der Waals surface area contributed by atoms with Crippen LogP contribution in [0.25, 0.3) is 0 Å². The molecule has 0 heterocycles. The lowest BCUT2D eigenvalue weighted by atomic mass is 9.93. The highest BCUT2D eigenvalue weighted by atomic mass is 19.1. The van der Waals surface area contributed by atoms with Gasteiger partial charge in [0.05, 0.1) is 5.97 Å². The molecule has 0 amide bonds. The van der Waals surface area contributed by atoms with Gasteiger partial charge in [-0.25, -0.2) is 4.39 Å². The number of carboxylic acids is 1. The number of benzene rings is 1. The topological polar surface area (TPSA) is 94.1 Å². The van der Waals surface area contributed by atoms with E-state index in [1.165, 1.54) is 24.3 Å². The molecule has 0 saturated carbocycles. The molecule has 0 spiro atoms. The van der Waals surface area contributed by atoms with Crippen LogP contribution in [0.3, 0.4) is 0 Å². The molecular formula is C14H18FNO4. The Bertz CT molecular complexity index is 510. The van der Waals surface area contributed by atoms with Gasteiger partial charge in [-0.2, -0.15) is 0 Å². The molecule has 1 aromatic carbocycles. The molecule has 0 aliphatic carbocycles. The summed E-state index contributed by atoms with van der Waals surface area (Å²) in [5.74, 6) is -4.91. The number of halogens is 1. The molecule has 0 aromatic heterocycles. The molecule has 1 rings (SSSR count). The second-order valence-corrected chi connectivity index (χ2v) is 5.46. The zero-order valence-corrected chi connectivity index (χ0v) is 11.7.